The monoisotopic (exact) mass is 720 g/mol. The standard InChI is InChI=1S/C37H60N4O8S/c1-26(25-39-50(48,49)29-17-11-6-12-18-29)21-33(44)31(23-28-15-9-5-10-16-28)41(36(47)32(43)19-20-42)35(46)30(22-27-13-7-4-8-14-27)40-34(45)24-37(2,3)38/h4,7-8,13-14,20,26,28-33,39,43-44H,5-6,9-12,15-19,21-25,38H2,1-3H3,(H,40,45)/t26-,30+,31+,32?,33+/m1/s1. The third-order valence-electron chi connectivity index (χ3n) is 9.95. The lowest BCUT2D eigenvalue weighted by atomic mass is 9.81. The average Bonchev–Trinajstić information content (AvgIpc) is 3.07. The number of aliphatic hydroxyl groups is 2. The number of carbonyl (C=O) groups is 4. The first kappa shape index (κ1) is 41.7. The summed E-state index contributed by atoms with van der Waals surface area (Å²) in [4.78, 5) is 54.1. The van der Waals surface area contributed by atoms with Gasteiger partial charge >= 0.3 is 0 Å². The fourth-order valence-electron chi connectivity index (χ4n) is 7.27. The van der Waals surface area contributed by atoms with Crippen LogP contribution in [0, 0.1) is 11.8 Å². The Bertz CT molecular complexity index is 1340. The molecule has 0 aliphatic heterocycles. The molecule has 3 amide bonds. The number of hydrogen-bond donors (Lipinski definition) is 5. The molecule has 0 saturated heterocycles. The Balaban J connectivity index is 1.96. The van der Waals surface area contributed by atoms with Gasteiger partial charge in [0, 0.05) is 31.3 Å². The molecule has 13 heteroatoms. The van der Waals surface area contributed by atoms with E-state index < -0.39 is 69.2 Å². The van der Waals surface area contributed by atoms with E-state index in [9.17, 15) is 37.8 Å². The first-order valence-electron chi connectivity index (χ1n) is 18.4. The summed E-state index contributed by atoms with van der Waals surface area (Å²) in [6.07, 6.45) is 5.60. The highest BCUT2D eigenvalue weighted by Gasteiger charge is 2.42. The summed E-state index contributed by atoms with van der Waals surface area (Å²) in [6.45, 7) is 5.23. The van der Waals surface area contributed by atoms with Gasteiger partial charge in [0.2, 0.25) is 15.9 Å². The Morgan fingerprint density at radius 1 is 0.980 bits per heavy atom. The van der Waals surface area contributed by atoms with Crippen LogP contribution in [0.5, 0.6) is 0 Å². The Morgan fingerprint density at radius 2 is 1.58 bits per heavy atom. The molecule has 0 spiro atoms. The van der Waals surface area contributed by atoms with Crippen molar-refractivity contribution in [1.29, 1.82) is 0 Å². The van der Waals surface area contributed by atoms with Crippen LogP contribution in [0.25, 0.3) is 0 Å². The summed E-state index contributed by atoms with van der Waals surface area (Å²) < 4.78 is 28.8. The van der Waals surface area contributed by atoms with Crippen molar-refractivity contribution in [3.63, 3.8) is 0 Å². The summed E-state index contributed by atoms with van der Waals surface area (Å²) in [5, 5.41) is 25.0. The van der Waals surface area contributed by atoms with Crippen LogP contribution in [0.4, 0.5) is 0 Å². The lowest BCUT2D eigenvalue weighted by molar-refractivity contribution is -0.160. The van der Waals surface area contributed by atoms with Gasteiger partial charge in [-0.2, -0.15) is 0 Å². The van der Waals surface area contributed by atoms with E-state index in [4.69, 9.17) is 5.73 Å². The van der Waals surface area contributed by atoms with Gasteiger partial charge in [-0.05, 0) is 56.9 Å². The van der Waals surface area contributed by atoms with Crippen LogP contribution in [0.15, 0.2) is 30.3 Å². The molecule has 0 heterocycles. The van der Waals surface area contributed by atoms with E-state index >= 15 is 0 Å². The molecule has 2 aliphatic carbocycles. The number of nitrogens with zero attached hydrogens (tertiary/aromatic N) is 1. The van der Waals surface area contributed by atoms with Crippen molar-refractivity contribution in [2.24, 2.45) is 17.6 Å². The van der Waals surface area contributed by atoms with Crippen LogP contribution in [0.3, 0.4) is 0 Å². The molecule has 1 aromatic rings. The van der Waals surface area contributed by atoms with Crippen molar-refractivity contribution in [2.75, 3.05) is 6.54 Å². The van der Waals surface area contributed by atoms with Gasteiger partial charge in [-0.1, -0.05) is 88.6 Å². The Labute approximate surface area is 298 Å². The number of hydrogen-bond acceptors (Lipinski definition) is 9. The molecule has 2 fully saturated rings. The molecule has 50 heavy (non-hydrogen) atoms. The molecule has 1 unspecified atom stereocenters. The Kier molecular flexibility index (Phi) is 16.5. The van der Waals surface area contributed by atoms with Gasteiger partial charge in [-0.3, -0.25) is 19.3 Å². The molecule has 0 aromatic heterocycles. The molecule has 2 aliphatic rings. The number of imide groups is 1. The highest BCUT2D eigenvalue weighted by molar-refractivity contribution is 7.90. The zero-order valence-corrected chi connectivity index (χ0v) is 30.9. The summed E-state index contributed by atoms with van der Waals surface area (Å²) in [5.41, 5.74) is 5.93. The maximum Gasteiger partial charge on any atom is 0.258 e. The SMILES string of the molecule is C[C@@H](CNS(=O)(=O)C1CCCCC1)C[C@H](O)[C@H](CC1CCCCC1)N(C(=O)C(O)CC=O)C(=O)[C@H](Cc1ccccc1)NC(=O)CC(C)(C)N. The van der Waals surface area contributed by atoms with E-state index in [0.29, 0.717) is 24.7 Å². The second kappa shape index (κ2) is 19.8. The molecule has 0 bridgehead atoms. The van der Waals surface area contributed by atoms with Gasteiger partial charge in [-0.25, -0.2) is 13.1 Å². The molecule has 2 saturated carbocycles. The number of rotatable bonds is 19. The fourth-order valence-corrected chi connectivity index (χ4v) is 8.97. The second-order valence-electron chi connectivity index (χ2n) is 15.3. The smallest absolute Gasteiger partial charge is 0.258 e. The summed E-state index contributed by atoms with van der Waals surface area (Å²) in [7, 11) is -3.55. The zero-order valence-electron chi connectivity index (χ0n) is 30.1. The molecule has 1 aromatic carbocycles. The zero-order chi connectivity index (χ0) is 36.9. The van der Waals surface area contributed by atoms with E-state index in [1.165, 1.54) is 0 Å². The van der Waals surface area contributed by atoms with E-state index in [-0.39, 0.29) is 44.1 Å². The van der Waals surface area contributed by atoms with Crippen molar-refractivity contribution in [1.82, 2.24) is 14.9 Å². The van der Waals surface area contributed by atoms with Crippen molar-refractivity contribution < 1.29 is 37.8 Å². The predicted molar refractivity (Wildman–Crippen MR) is 192 cm³/mol. The van der Waals surface area contributed by atoms with Gasteiger partial charge < -0.3 is 26.1 Å². The number of amides is 3. The van der Waals surface area contributed by atoms with Crippen LogP contribution in [0.2, 0.25) is 0 Å². The van der Waals surface area contributed by atoms with Crippen LogP contribution in [-0.4, -0.2) is 89.2 Å². The number of sulfonamides is 1. The number of aliphatic hydroxyl groups excluding tert-OH is 2. The van der Waals surface area contributed by atoms with Crippen LogP contribution in [0.1, 0.15) is 116 Å². The molecule has 12 nitrogen and oxygen atoms in total. The summed E-state index contributed by atoms with van der Waals surface area (Å²) in [6, 6.07) is 6.62. The van der Waals surface area contributed by atoms with Crippen molar-refractivity contribution in [3.8, 4) is 0 Å². The molecular weight excluding hydrogens is 660 g/mol. The predicted octanol–water partition coefficient (Wildman–Crippen LogP) is 3.12. The number of carbonyl (C=O) groups excluding carboxylic acids is 4. The minimum absolute atomic E-state index is 0.0234. The number of benzene rings is 1. The number of aldehydes is 1. The van der Waals surface area contributed by atoms with E-state index in [1.54, 1.807) is 45.0 Å². The number of nitrogens with two attached hydrogens (primary N) is 1. The van der Waals surface area contributed by atoms with Crippen LogP contribution >= 0.6 is 0 Å². The van der Waals surface area contributed by atoms with Gasteiger partial charge in [0.25, 0.3) is 11.8 Å². The quantitative estimate of drug-likeness (QED) is 0.133. The molecular formula is C37H60N4O8S. The van der Waals surface area contributed by atoms with E-state index in [1.807, 2.05) is 6.07 Å². The molecule has 3 rings (SSSR count). The summed E-state index contributed by atoms with van der Waals surface area (Å²) in [5.74, 6) is -2.63. The van der Waals surface area contributed by atoms with Gasteiger partial charge in [0.15, 0.2) is 0 Å². The first-order chi connectivity index (χ1) is 23.6. The first-order valence-corrected chi connectivity index (χ1v) is 19.9. The van der Waals surface area contributed by atoms with Gasteiger partial charge in [0.05, 0.1) is 17.4 Å². The third kappa shape index (κ3) is 13.4. The van der Waals surface area contributed by atoms with E-state index in [0.717, 1.165) is 56.3 Å². The Morgan fingerprint density at radius 3 is 2.16 bits per heavy atom. The maximum absolute atomic E-state index is 14.7. The fraction of sp³-hybridized carbons (Fsp3) is 0.730. The lowest BCUT2D eigenvalue weighted by Crippen LogP contribution is -2.60. The van der Waals surface area contributed by atoms with E-state index in [2.05, 4.69) is 10.0 Å². The van der Waals surface area contributed by atoms with Crippen molar-refractivity contribution >= 4 is 34.0 Å². The highest BCUT2D eigenvalue weighted by atomic mass is 32.2. The third-order valence-corrected chi connectivity index (χ3v) is 11.9. The van der Waals surface area contributed by atoms with Crippen molar-refractivity contribution in [3.05, 3.63) is 35.9 Å². The molecule has 6 N–H and O–H groups in total. The maximum atomic E-state index is 14.7. The average molecular weight is 721 g/mol. The normalized spacial score (nSPS) is 19.5. The van der Waals surface area contributed by atoms with Crippen LogP contribution in [-0.2, 0) is 35.6 Å². The molecule has 5 atom stereocenters. The van der Waals surface area contributed by atoms with Gasteiger partial charge in [0.1, 0.15) is 18.4 Å². The summed E-state index contributed by atoms with van der Waals surface area (Å²) >= 11 is 0. The molecule has 282 valence electrons. The molecule has 0 radical (unpaired) electrons. The topological polar surface area (TPSA) is 196 Å². The largest absolute Gasteiger partial charge is 0.391 e. The minimum Gasteiger partial charge on any atom is -0.391 e. The Hall–Kier alpha value is -2.71. The second-order valence-corrected chi connectivity index (χ2v) is 17.4. The van der Waals surface area contributed by atoms with Crippen LogP contribution < -0.4 is 15.8 Å². The number of nitrogens with one attached hydrogen (secondary N) is 2. The lowest BCUT2D eigenvalue weighted by Gasteiger charge is -2.39. The minimum atomic E-state index is -3.55. The highest BCUT2D eigenvalue weighted by Crippen LogP contribution is 2.32. The van der Waals surface area contributed by atoms with Crippen molar-refractivity contribution in [2.45, 2.75) is 152 Å². The van der Waals surface area contributed by atoms with Gasteiger partial charge in [-0.15, -0.1) is 0 Å².